The lowest BCUT2D eigenvalue weighted by molar-refractivity contribution is 0.0560. The van der Waals surface area contributed by atoms with Crippen LogP contribution in [0.15, 0.2) is 39.9 Å². The highest BCUT2D eigenvalue weighted by Gasteiger charge is 2.57. The van der Waals surface area contributed by atoms with Crippen molar-refractivity contribution in [2.24, 2.45) is 9.36 Å². The van der Waals surface area contributed by atoms with Gasteiger partial charge < -0.3 is 10.1 Å². The number of rotatable bonds is 3. The Labute approximate surface area is 222 Å². The molecule has 2 amide bonds. The largest absolute Gasteiger partial charge is 0.444 e. The molecule has 12 heteroatoms. The first kappa shape index (κ1) is 27.6. The van der Waals surface area contributed by atoms with E-state index in [9.17, 15) is 13.8 Å². The van der Waals surface area contributed by atoms with Crippen LogP contribution in [-0.2, 0) is 20.0 Å². The molecule has 2 aliphatic rings. The highest BCUT2D eigenvalue weighted by Crippen LogP contribution is 2.48. The maximum Gasteiger partial charge on any atom is 0.413 e. The predicted molar refractivity (Wildman–Crippen MR) is 143 cm³/mol. The number of aliphatic imine (C=N–C) groups is 1. The van der Waals surface area contributed by atoms with Crippen molar-refractivity contribution in [3.63, 3.8) is 0 Å². The summed E-state index contributed by atoms with van der Waals surface area (Å²) >= 11 is 0. The minimum absolute atomic E-state index is 0.104. The molecule has 3 atom stereocenters. The van der Waals surface area contributed by atoms with Crippen molar-refractivity contribution in [3.05, 3.63) is 53.4 Å². The SMILES string of the molecule is Cc1ncc(C(=O)Nc2ccc(F)c([C@@]3(C)N=C(NC(=O)OC(C)(C)C)C(C)(C)[S@@]4(=O)=NCC[C@@H]34)c2)cn1. The van der Waals surface area contributed by atoms with Crippen LogP contribution in [0, 0.1) is 12.7 Å². The number of nitrogens with one attached hydrogen (secondary N) is 2. The molecular formula is C26H33FN6O4S. The molecule has 2 aromatic rings. The molecule has 0 spiro atoms. The Morgan fingerprint density at radius 3 is 2.42 bits per heavy atom. The molecule has 4 rings (SSSR count). The summed E-state index contributed by atoms with van der Waals surface area (Å²) in [5.74, 6) is -0.421. The van der Waals surface area contributed by atoms with Crippen molar-refractivity contribution in [2.75, 3.05) is 11.9 Å². The van der Waals surface area contributed by atoms with E-state index in [1.165, 1.54) is 30.6 Å². The molecule has 3 heterocycles. The Bertz CT molecular complexity index is 1440. The lowest BCUT2D eigenvalue weighted by atomic mass is 9.85. The monoisotopic (exact) mass is 544 g/mol. The number of amides is 2. The number of ether oxygens (including phenoxy) is 1. The van der Waals surface area contributed by atoms with Gasteiger partial charge in [-0.05, 0) is 73.1 Å². The summed E-state index contributed by atoms with van der Waals surface area (Å²) in [6.45, 7) is 12.3. The Hall–Kier alpha value is -3.41. The van der Waals surface area contributed by atoms with Crippen molar-refractivity contribution >= 4 is 33.3 Å². The average molecular weight is 545 g/mol. The van der Waals surface area contributed by atoms with Gasteiger partial charge in [0.1, 0.15) is 33.4 Å². The molecule has 0 unspecified atom stereocenters. The van der Waals surface area contributed by atoms with Crippen molar-refractivity contribution in [1.82, 2.24) is 15.3 Å². The van der Waals surface area contributed by atoms with Crippen molar-refractivity contribution in [2.45, 2.75) is 76.0 Å². The fraction of sp³-hybridized carbons (Fsp3) is 0.500. The van der Waals surface area contributed by atoms with Crippen LogP contribution in [-0.4, -0.2) is 54.2 Å². The molecule has 0 aliphatic carbocycles. The lowest BCUT2D eigenvalue weighted by Crippen LogP contribution is -2.60. The number of aryl methyl sites for hydroxylation is 1. The molecular weight excluding hydrogens is 511 g/mol. The maximum atomic E-state index is 15.5. The third-order valence-electron chi connectivity index (χ3n) is 6.76. The topological polar surface area (TPSA) is 135 Å². The molecule has 10 nitrogen and oxygen atoms in total. The number of fused-ring (bicyclic) bond motifs is 1. The van der Waals surface area contributed by atoms with Gasteiger partial charge in [-0.2, -0.15) is 0 Å². The van der Waals surface area contributed by atoms with Gasteiger partial charge in [0.25, 0.3) is 5.91 Å². The molecule has 0 saturated carbocycles. The van der Waals surface area contributed by atoms with Gasteiger partial charge in [-0.25, -0.2) is 27.7 Å². The van der Waals surface area contributed by atoms with Gasteiger partial charge in [0.05, 0.1) is 20.5 Å². The van der Waals surface area contributed by atoms with Crippen molar-refractivity contribution in [1.29, 1.82) is 0 Å². The first-order valence-corrected chi connectivity index (χ1v) is 13.9. The number of alkyl carbamates (subject to hydrolysis) is 1. The summed E-state index contributed by atoms with van der Waals surface area (Å²) in [6.07, 6.45) is 2.48. The summed E-state index contributed by atoms with van der Waals surface area (Å²) in [5.41, 5.74) is -1.43. The first-order valence-electron chi connectivity index (χ1n) is 12.3. The molecule has 1 aromatic carbocycles. The Morgan fingerprint density at radius 1 is 1.13 bits per heavy atom. The molecule has 2 aliphatic heterocycles. The minimum Gasteiger partial charge on any atom is -0.444 e. The summed E-state index contributed by atoms with van der Waals surface area (Å²) in [6, 6.07) is 4.14. The van der Waals surface area contributed by atoms with E-state index in [4.69, 9.17) is 9.73 Å². The Morgan fingerprint density at radius 2 is 1.79 bits per heavy atom. The number of carbonyl (C=O) groups is 2. The highest BCUT2D eigenvalue weighted by molar-refractivity contribution is 7.96. The summed E-state index contributed by atoms with van der Waals surface area (Å²) in [4.78, 5) is 38.3. The minimum atomic E-state index is -3.01. The number of benzene rings is 1. The van der Waals surface area contributed by atoms with Gasteiger partial charge in [0.2, 0.25) is 0 Å². The number of nitrogens with zero attached hydrogens (tertiary/aromatic N) is 4. The van der Waals surface area contributed by atoms with Crippen LogP contribution in [0.3, 0.4) is 0 Å². The first-order chi connectivity index (χ1) is 17.6. The molecule has 0 fully saturated rings. The highest BCUT2D eigenvalue weighted by atomic mass is 32.2. The van der Waals surface area contributed by atoms with Gasteiger partial charge in [-0.15, -0.1) is 0 Å². The number of hydrogen-bond donors (Lipinski definition) is 2. The van der Waals surface area contributed by atoms with E-state index in [-0.39, 0.29) is 17.0 Å². The zero-order valence-electron chi connectivity index (χ0n) is 22.6. The van der Waals surface area contributed by atoms with E-state index < -0.39 is 48.7 Å². The van der Waals surface area contributed by atoms with Crippen LogP contribution in [0.2, 0.25) is 0 Å². The van der Waals surface area contributed by atoms with Crippen LogP contribution in [0.25, 0.3) is 0 Å². The molecule has 2 N–H and O–H groups in total. The van der Waals surface area contributed by atoms with E-state index in [2.05, 4.69) is 25.0 Å². The Kier molecular flexibility index (Phi) is 6.84. The molecule has 1 aromatic heterocycles. The third-order valence-corrected chi connectivity index (χ3v) is 10.5. The Balaban J connectivity index is 1.78. The van der Waals surface area contributed by atoms with Gasteiger partial charge in [-0.3, -0.25) is 15.1 Å². The van der Waals surface area contributed by atoms with E-state index in [0.29, 0.717) is 24.5 Å². The number of hydrogen-bond acceptors (Lipinski definition) is 8. The zero-order chi connectivity index (χ0) is 28.1. The van der Waals surface area contributed by atoms with Crippen molar-refractivity contribution in [3.8, 4) is 0 Å². The normalized spacial score (nSPS) is 26.0. The smallest absolute Gasteiger partial charge is 0.413 e. The van der Waals surface area contributed by atoms with Crippen LogP contribution in [0.5, 0.6) is 0 Å². The fourth-order valence-electron chi connectivity index (χ4n) is 4.76. The van der Waals surface area contributed by atoms with Crippen LogP contribution >= 0.6 is 0 Å². The van der Waals surface area contributed by atoms with E-state index >= 15 is 4.39 Å². The number of anilines is 1. The van der Waals surface area contributed by atoms with E-state index in [1.54, 1.807) is 48.5 Å². The summed E-state index contributed by atoms with van der Waals surface area (Å²) < 4.78 is 38.6. The fourth-order valence-corrected chi connectivity index (χ4v) is 7.95. The molecule has 204 valence electrons. The second-order valence-corrected chi connectivity index (χ2v) is 14.1. The van der Waals surface area contributed by atoms with Crippen LogP contribution in [0.1, 0.15) is 69.7 Å². The van der Waals surface area contributed by atoms with Gasteiger partial charge in [0.15, 0.2) is 0 Å². The van der Waals surface area contributed by atoms with Gasteiger partial charge >= 0.3 is 6.09 Å². The van der Waals surface area contributed by atoms with E-state index in [0.717, 1.165) is 0 Å². The standard InChI is InChI=1S/C26H33FN6O4S/c1-15-28-13-16(14-29-15)21(34)31-17-8-9-19(27)18(12-17)26(7)20-10-11-30-38(20,36)25(5,6)22(33-26)32-23(35)37-24(2,3)4/h8-9,12-14,20H,10-11H2,1-7H3,(H,31,34)(H,32,33,35)/t20-,26+,38+/m0/s1. The second-order valence-electron chi connectivity index (χ2n) is 11.1. The number of amidine groups is 1. The van der Waals surface area contributed by atoms with Crippen LogP contribution < -0.4 is 10.6 Å². The molecule has 38 heavy (non-hydrogen) atoms. The second kappa shape index (κ2) is 9.40. The maximum absolute atomic E-state index is 15.5. The summed E-state index contributed by atoms with van der Waals surface area (Å²) in [5, 5.41) is 4.78. The van der Waals surface area contributed by atoms with Gasteiger partial charge in [-0.1, -0.05) is 0 Å². The number of aromatic nitrogens is 2. The van der Waals surface area contributed by atoms with Crippen LogP contribution in [0.4, 0.5) is 14.9 Å². The van der Waals surface area contributed by atoms with E-state index in [1.807, 2.05) is 0 Å². The van der Waals surface area contributed by atoms with Crippen molar-refractivity contribution < 1.29 is 22.9 Å². The lowest BCUT2D eigenvalue weighted by Gasteiger charge is -2.45. The average Bonchev–Trinajstić information content (AvgIpc) is 3.23. The summed E-state index contributed by atoms with van der Waals surface area (Å²) in [7, 11) is -3.01. The molecule has 0 radical (unpaired) electrons. The van der Waals surface area contributed by atoms with Gasteiger partial charge in [0, 0.05) is 30.2 Å². The quantitative estimate of drug-likeness (QED) is 0.590. The number of carbonyl (C=O) groups excluding carboxylic acids is 2. The third kappa shape index (κ3) is 4.89. The molecule has 0 saturated heterocycles. The predicted octanol–water partition coefficient (Wildman–Crippen LogP) is 4.35. The zero-order valence-corrected chi connectivity index (χ0v) is 23.4. The number of halogens is 1. The molecule has 0 bridgehead atoms.